The molecule has 0 aliphatic rings. The molecular weight excluding hydrogens is 321 g/mol. The summed E-state index contributed by atoms with van der Waals surface area (Å²) in [5.74, 6) is 0. The SMILES string of the molecule is N#Cc1ccc(-c2ccc(-c3ccc(CCCCCF)cc3)cc2)cc1. The first kappa shape index (κ1) is 17.9. The van der Waals surface area contributed by atoms with Gasteiger partial charge in [-0.05, 0) is 59.2 Å². The average Bonchev–Trinajstić information content (AvgIpc) is 2.72. The number of hydrogen-bond acceptors (Lipinski definition) is 1. The van der Waals surface area contributed by atoms with E-state index in [1.807, 2.05) is 24.3 Å². The Balaban J connectivity index is 1.67. The summed E-state index contributed by atoms with van der Waals surface area (Å²) in [6.07, 6.45) is 3.68. The molecular formula is C24H22FN. The minimum atomic E-state index is -0.211. The van der Waals surface area contributed by atoms with Crippen molar-refractivity contribution in [1.29, 1.82) is 5.26 Å². The highest BCUT2D eigenvalue weighted by molar-refractivity contribution is 5.70. The molecule has 0 aliphatic heterocycles. The zero-order valence-corrected chi connectivity index (χ0v) is 14.8. The van der Waals surface area contributed by atoms with Crippen molar-refractivity contribution in [2.24, 2.45) is 0 Å². The predicted molar refractivity (Wildman–Crippen MR) is 106 cm³/mol. The van der Waals surface area contributed by atoms with Crippen LogP contribution in [0.5, 0.6) is 0 Å². The van der Waals surface area contributed by atoms with Crippen LogP contribution in [0.4, 0.5) is 4.39 Å². The van der Waals surface area contributed by atoms with Crippen molar-refractivity contribution in [2.75, 3.05) is 6.67 Å². The molecule has 3 aromatic rings. The zero-order valence-electron chi connectivity index (χ0n) is 14.8. The largest absolute Gasteiger partial charge is 0.251 e. The van der Waals surface area contributed by atoms with Crippen molar-refractivity contribution in [3.63, 3.8) is 0 Å². The molecule has 0 unspecified atom stereocenters. The minimum Gasteiger partial charge on any atom is -0.251 e. The maximum Gasteiger partial charge on any atom is 0.0991 e. The van der Waals surface area contributed by atoms with Gasteiger partial charge in [0.15, 0.2) is 0 Å². The normalized spacial score (nSPS) is 10.5. The second kappa shape index (κ2) is 8.97. The lowest BCUT2D eigenvalue weighted by Gasteiger charge is -2.07. The molecule has 1 nitrogen and oxygen atoms in total. The van der Waals surface area contributed by atoms with Gasteiger partial charge in [0.2, 0.25) is 0 Å². The maximum absolute atomic E-state index is 12.1. The summed E-state index contributed by atoms with van der Waals surface area (Å²) in [5, 5.41) is 8.89. The van der Waals surface area contributed by atoms with Gasteiger partial charge in [0.05, 0.1) is 18.3 Å². The second-order valence-electron chi connectivity index (χ2n) is 6.46. The Labute approximate surface area is 154 Å². The molecule has 3 rings (SSSR count). The number of alkyl halides is 1. The third-order valence-electron chi connectivity index (χ3n) is 4.62. The van der Waals surface area contributed by atoms with Crippen LogP contribution < -0.4 is 0 Å². The highest BCUT2D eigenvalue weighted by Gasteiger charge is 2.02. The molecule has 0 aromatic heterocycles. The van der Waals surface area contributed by atoms with Crippen LogP contribution in [-0.2, 0) is 6.42 Å². The molecule has 130 valence electrons. The lowest BCUT2D eigenvalue weighted by Crippen LogP contribution is -1.87. The van der Waals surface area contributed by atoms with Crippen LogP contribution in [0.2, 0.25) is 0 Å². The van der Waals surface area contributed by atoms with Gasteiger partial charge in [-0.3, -0.25) is 4.39 Å². The molecule has 3 aromatic carbocycles. The highest BCUT2D eigenvalue weighted by Crippen LogP contribution is 2.25. The number of unbranched alkanes of at least 4 members (excludes halogenated alkanes) is 2. The van der Waals surface area contributed by atoms with Gasteiger partial charge in [0.1, 0.15) is 0 Å². The first-order valence-electron chi connectivity index (χ1n) is 9.06. The molecule has 0 fully saturated rings. The Kier molecular flexibility index (Phi) is 6.17. The van der Waals surface area contributed by atoms with E-state index in [0.717, 1.165) is 30.4 Å². The Hall–Kier alpha value is -2.92. The van der Waals surface area contributed by atoms with E-state index in [4.69, 9.17) is 5.26 Å². The van der Waals surface area contributed by atoms with Crippen molar-refractivity contribution in [3.8, 4) is 28.3 Å². The Morgan fingerprint density at radius 1 is 0.615 bits per heavy atom. The number of benzene rings is 3. The van der Waals surface area contributed by atoms with Crippen LogP contribution in [0, 0.1) is 11.3 Å². The van der Waals surface area contributed by atoms with E-state index in [0.29, 0.717) is 12.0 Å². The predicted octanol–water partition coefficient (Wildman–Crippen LogP) is 6.57. The van der Waals surface area contributed by atoms with E-state index in [2.05, 4.69) is 54.6 Å². The lowest BCUT2D eigenvalue weighted by molar-refractivity contribution is 0.456. The molecule has 2 heteroatoms. The van der Waals surface area contributed by atoms with Crippen LogP contribution in [0.15, 0.2) is 72.8 Å². The molecule has 0 aliphatic carbocycles. The van der Waals surface area contributed by atoms with Crippen molar-refractivity contribution in [1.82, 2.24) is 0 Å². The summed E-state index contributed by atoms with van der Waals surface area (Å²) in [6.45, 7) is -0.211. The summed E-state index contributed by atoms with van der Waals surface area (Å²) in [4.78, 5) is 0. The molecule has 0 N–H and O–H groups in total. The third-order valence-corrected chi connectivity index (χ3v) is 4.62. The van der Waals surface area contributed by atoms with Crippen LogP contribution >= 0.6 is 0 Å². The fourth-order valence-electron chi connectivity index (χ4n) is 3.06. The maximum atomic E-state index is 12.1. The fraction of sp³-hybridized carbons (Fsp3) is 0.208. The second-order valence-corrected chi connectivity index (χ2v) is 6.46. The van der Waals surface area contributed by atoms with Gasteiger partial charge in [-0.1, -0.05) is 67.1 Å². The number of halogens is 1. The fourth-order valence-corrected chi connectivity index (χ4v) is 3.06. The molecule has 0 heterocycles. The zero-order chi connectivity index (χ0) is 18.2. The van der Waals surface area contributed by atoms with Crippen LogP contribution in [-0.4, -0.2) is 6.67 Å². The van der Waals surface area contributed by atoms with Crippen molar-refractivity contribution in [2.45, 2.75) is 25.7 Å². The highest BCUT2D eigenvalue weighted by atomic mass is 19.1. The molecule has 0 amide bonds. The Bertz CT molecular complexity index is 856. The van der Waals surface area contributed by atoms with Gasteiger partial charge < -0.3 is 0 Å². The standard InChI is InChI=1S/C24H22FN/c25-17-3-1-2-4-19-5-9-21(10-6-19)23-13-15-24(16-14-23)22-11-7-20(18-26)8-12-22/h5-16H,1-4,17H2. The van der Waals surface area contributed by atoms with Crippen LogP contribution in [0.3, 0.4) is 0 Å². The van der Waals surface area contributed by atoms with Gasteiger partial charge in [-0.2, -0.15) is 5.26 Å². The van der Waals surface area contributed by atoms with E-state index in [-0.39, 0.29) is 6.67 Å². The molecule has 0 atom stereocenters. The topological polar surface area (TPSA) is 23.8 Å². The van der Waals surface area contributed by atoms with Crippen molar-refractivity contribution in [3.05, 3.63) is 83.9 Å². The van der Waals surface area contributed by atoms with Gasteiger partial charge in [-0.15, -0.1) is 0 Å². The summed E-state index contributed by atoms with van der Waals surface area (Å²) < 4.78 is 12.1. The van der Waals surface area contributed by atoms with Gasteiger partial charge in [-0.25, -0.2) is 0 Å². The van der Waals surface area contributed by atoms with E-state index in [1.54, 1.807) is 0 Å². The molecule has 0 radical (unpaired) electrons. The molecule has 0 bridgehead atoms. The van der Waals surface area contributed by atoms with Crippen molar-refractivity contribution >= 4 is 0 Å². The molecule has 26 heavy (non-hydrogen) atoms. The summed E-state index contributed by atoms with van der Waals surface area (Å²) in [6, 6.07) is 26.9. The summed E-state index contributed by atoms with van der Waals surface area (Å²) in [5.41, 5.74) is 6.62. The van der Waals surface area contributed by atoms with Gasteiger partial charge in [0.25, 0.3) is 0 Å². The quantitative estimate of drug-likeness (QED) is 0.445. The first-order valence-corrected chi connectivity index (χ1v) is 9.06. The Morgan fingerprint density at radius 2 is 1.08 bits per heavy atom. The molecule has 0 saturated heterocycles. The molecule has 0 saturated carbocycles. The summed E-state index contributed by atoms with van der Waals surface area (Å²) in [7, 11) is 0. The summed E-state index contributed by atoms with van der Waals surface area (Å²) >= 11 is 0. The molecule has 0 spiro atoms. The van der Waals surface area contributed by atoms with E-state index >= 15 is 0 Å². The van der Waals surface area contributed by atoms with E-state index < -0.39 is 0 Å². The minimum absolute atomic E-state index is 0.211. The Morgan fingerprint density at radius 3 is 1.54 bits per heavy atom. The van der Waals surface area contributed by atoms with Gasteiger partial charge >= 0.3 is 0 Å². The third kappa shape index (κ3) is 4.58. The average molecular weight is 343 g/mol. The number of nitriles is 1. The first-order chi connectivity index (χ1) is 12.8. The van der Waals surface area contributed by atoms with Gasteiger partial charge in [0, 0.05) is 0 Å². The number of aryl methyl sites for hydroxylation is 1. The monoisotopic (exact) mass is 343 g/mol. The van der Waals surface area contributed by atoms with Crippen LogP contribution in [0.1, 0.15) is 30.4 Å². The number of rotatable bonds is 7. The number of nitrogens with zero attached hydrogens (tertiary/aromatic N) is 1. The lowest BCUT2D eigenvalue weighted by atomic mass is 9.98. The van der Waals surface area contributed by atoms with Crippen molar-refractivity contribution < 1.29 is 4.39 Å². The van der Waals surface area contributed by atoms with E-state index in [9.17, 15) is 4.39 Å². The number of hydrogen-bond donors (Lipinski definition) is 0. The smallest absolute Gasteiger partial charge is 0.0991 e. The van der Waals surface area contributed by atoms with Crippen LogP contribution in [0.25, 0.3) is 22.3 Å². The van der Waals surface area contributed by atoms with E-state index in [1.165, 1.54) is 16.7 Å².